The number of ether oxygens (including phenoxy) is 1. The van der Waals surface area contributed by atoms with Gasteiger partial charge in [-0.15, -0.1) is 0 Å². The van der Waals surface area contributed by atoms with Crippen LogP contribution in [0.4, 0.5) is 0 Å². The molecule has 6 nitrogen and oxygen atoms in total. The second kappa shape index (κ2) is 7.70. The number of hydrogen-bond donors (Lipinski definition) is 0. The third kappa shape index (κ3) is 3.91. The van der Waals surface area contributed by atoms with Gasteiger partial charge in [-0.2, -0.15) is 0 Å². The van der Waals surface area contributed by atoms with Crippen LogP contribution in [0.5, 0.6) is 5.75 Å². The first kappa shape index (κ1) is 18.6. The fourth-order valence-corrected chi connectivity index (χ4v) is 3.61. The fourth-order valence-electron chi connectivity index (χ4n) is 3.61. The Morgan fingerprint density at radius 3 is 2.32 bits per heavy atom. The Kier molecular flexibility index (Phi) is 5.11. The van der Waals surface area contributed by atoms with Gasteiger partial charge >= 0.3 is 0 Å². The van der Waals surface area contributed by atoms with Crippen LogP contribution in [-0.4, -0.2) is 51.9 Å². The van der Waals surface area contributed by atoms with Crippen LogP contribution in [-0.2, 0) is 18.4 Å². The molecular formula is C22H27N3O3. The maximum absolute atomic E-state index is 13.2. The Balaban J connectivity index is 1.51. The van der Waals surface area contributed by atoms with E-state index in [1.807, 2.05) is 47.0 Å². The molecule has 0 saturated heterocycles. The van der Waals surface area contributed by atoms with Crippen molar-refractivity contribution in [1.29, 1.82) is 0 Å². The van der Waals surface area contributed by atoms with Gasteiger partial charge < -0.3 is 19.1 Å². The molecule has 28 heavy (non-hydrogen) atoms. The molecule has 1 aromatic carbocycles. The standard InChI is InChI=1S/C22H27N3O3/c1-23-13-5-6-18(23)14-24(16-9-10-16)21(26)15-25(17-11-12-17)22(27)19-7-3-4-8-20(19)28-2/h3-8,13,16-17H,9-12,14-15H2,1-2H3. The lowest BCUT2D eigenvalue weighted by Gasteiger charge is -2.28. The second-order valence-corrected chi connectivity index (χ2v) is 7.73. The Morgan fingerprint density at radius 1 is 1.04 bits per heavy atom. The van der Waals surface area contributed by atoms with Gasteiger partial charge in [0.15, 0.2) is 0 Å². The fraction of sp³-hybridized carbons (Fsp3) is 0.455. The number of methoxy groups -OCH3 is 1. The highest BCUT2D eigenvalue weighted by Gasteiger charge is 2.39. The number of aromatic nitrogens is 1. The molecule has 4 rings (SSSR count). The molecule has 2 saturated carbocycles. The average Bonchev–Trinajstić information content (AvgIpc) is 3.63. The normalized spacial score (nSPS) is 15.9. The van der Waals surface area contributed by atoms with Crippen molar-refractivity contribution in [3.8, 4) is 5.75 Å². The van der Waals surface area contributed by atoms with Crippen LogP contribution in [0, 0.1) is 0 Å². The molecule has 1 heterocycles. The lowest BCUT2D eigenvalue weighted by Crippen LogP contribution is -2.44. The highest BCUT2D eigenvalue weighted by atomic mass is 16.5. The molecule has 6 heteroatoms. The Bertz CT molecular complexity index is 867. The molecule has 2 aliphatic rings. The minimum absolute atomic E-state index is 0.0267. The summed E-state index contributed by atoms with van der Waals surface area (Å²) in [5.41, 5.74) is 1.62. The molecule has 2 fully saturated rings. The number of rotatable bonds is 8. The topological polar surface area (TPSA) is 54.8 Å². The van der Waals surface area contributed by atoms with Crippen molar-refractivity contribution < 1.29 is 14.3 Å². The zero-order valence-electron chi connectivity index (χ0n) is 16.5. The van der Waals surface area contributed by atoms with E-state index in [0.29, 0.717) is 23.9 Å². The number of carbonyl (C=O) groups excluding carboxylic acids is 2. The minimum atomic E-state index is -0.122. The molecule has 0 aliphatic heterocycles. The predicted octanol–water partition coefficient (Wildman–Crippen LogP) is 2.83. The molecular weight excluding hydrogens is 354 g/mol. The summed E-state index contributed by atoms with van der Waals surface area (Å²) in [5, 5.41) is 0. The molecule has 2 aromatic rings. The van der Waals surface area contributed by atoms with Crippen molar-refractivity contribution >= 4 is 11.8 Å². The number of benzene rings is 1. The summed E-state index contributed by atoms with van der Waals surface area (Å²) < 4.78 is 7.40. The third-order valence-electron chi connectivity index (χ3n) is 5.58. The minimum Gasteiger partial charge on any atom is -0.496 e. The van der Waals surface area contributed by atoms with Crippen molar-refractivity contribution in [2.75, 3.05) is 13.7 Å². The van der Waals surface area contributed by atoms with Gasteiger partial charge in [0.25, 0.3) is 5.91 Å². The van der Waals surface area contributed by atoms with Gasteiger partial charge in [-0.1, -0.05) is 12.1 Å². The second-order valence-electron chi connectivity index (χ2n) is 7.73. The molecule has 0 radical (unpaired) electrons. The molecule has 0 bridgehead atoms. The van der Waals surface area contributed by atoms with Gasteiger partial charge in [0.1, 0.15) is 12.3 Å². The zero-order valence-corrected chi connectivity index (χ0v) is 16.5. The maximum Gasteiger partial charge on any atom is 0.258 e. The Morgan fingerprint density at radius 2 is 1.71 bits per heavy atom. The third-order valence-corrected chi connectivity index (χ3v) is 5.58. The average molecular weight is 381 g/mol. The number of hydrogen-bond acceptors (Lipinski definition) is 3. The van der Waals surface area contributed by atoms with E-state index in [1.165, 1.54) is 0 Å². The number of aryl methyl sites for hydroxylation is 1. The van der Waals surface area contributed by atoms with Gasteiger partial charge in [-0.3, -0.25) is 9.59 Å². The molecule has 148 valence electrons. The number of carbonyl (C=O) groups is 2. The molecule has 0 spiro atoms. The largest absolute Gasteiger partial charge is 0.496 e. The van der Waals surface area contributed by atoms with Crippen molar-refractivity contribution in [3.63, 3.8) is 0 Å². The number of amides is 2. The summed E-state index contributed by atoms with van der Waals surface area (Å²) in [4.78, 5) is 30.1. The first-order chi connectivity index (χ1) is 13.6. The van der Waals surface area contributed by atoms with Crippen LogP contribution < -0.4 is 4.74 Å². The summed E-state index contributed by atoms with van der Waals surface area (Å²) in [7, 11) is 3.56. The van der Waals surface area contributed by atoms with Gasteiger partial charge in [0.2, 0.25) is 5.91 Å². The predicted molar refractivity (Wildman–Crippen MR) is 106 cm³/mol. The highest BCUT2D eigenvalue weighted by Crippen LogP contribution is 2.32. The summed E-state index contributed by atoms with van der Waals surface area (Å²) in [6.07, 6.45) is 5.98. The van der Waals surface area contributed by atoms with Crippen LogP contribution >= 0.6 is 0 Å². The highest BCUT2D eigenvalue weighted by molar-refractivity contribution is 5.99. The lowest BCUT2D eigenvalue weighted by molar-refractivity contribution is -0.133. The Labute approximate surface area is 165 Å². The van der Waals surface area contributed by atoms with Crippen LogP contribution in [0.15, 0.2) is 42.6 Å². The van der Waals surface area contributed by atoms with Crippen molar-refractivity contribution in [3.05, 3.63) is 53.9 Å². The van der Waals surface area contributed by atoms with E-state index in [9.17, 15) is 9.59 Å². The zero-order chi connectivity index (χ0) is 19.7. The number of nitrogens with zero attached hydrogens (tertiary/aromatic N) is 3. The molecule has 2 aliphatic carbocycles. The van der Waals surface area contributed by atoms with Crippen LogP contribution in [0.3, 0.4) is 0 Å². The van der Waals surface area contributed by atoms with Crippen molar-refractivity contribution in [2.24, 2.45) is 7.05 Å². The molecule has 0 N–H and O–H groups in total. The molecule has 2 amide bonds. The van der Waals surface area contributed by atoms with E-state index in [1.54, 1.807) is 24.1 Å². The molecule has 0 atom stereocenters. The number of para-hydroxylation sites is 1. The van der Waals surface area contributed by atoms with Crippen molar-refractivity contribution in [2.45, 2.75) is 44.3 Å². The van der Waals surface area contributed by atoms with Gasteiger partial charge in [-0.05, 0) is 49.9 Å². The van der Waals surface area contributed by atoms with E-state index >= 15 is 0 Å². The quantitative estimate of drug-likeness (QED) is 0.707. The van der Waals surface area contributed by atoms with Gasteiger partial charge in [0.05, 0.1) is 19.2 Å². The summed E-state index contributed by atoms with van der Waals surface area (Å²) in [6, 6.07) is 11.7. The first-order valence-electron chi connectivity index (χ1n) is 9.92. The summed E-state index contributed by atoms with van der Waals surface area (Å²) in [6.45, 7) is 0.719. The lowest BCUT2D eigenvalue weighted by atomic mass is 10.1. The van der Waals surface area contributed by atoms with Gasteiger partial charge in [-0.25, -0.2) is 0 Å². The molecule has 0 unspecified atom stereocenters. The Hall–Kier alpha value is -2.76. The maximum atomic E-state index is 13.2. The smallest absolute Gasteiger partial charge is 0.258 e. The molecule has 1 aromatic heterocycles. The van der Waals surface area contributed by atoms with Crippen LogP contribution in [0.1, 0.15) is 41.7 Å². The SMILES string of the molecule is COc1ccccc1C(=O)N(CC(=O)N(Cc1cccn1C)C1CC1)C1CC1. The van der Waals surface area contributed by atoms with Crippen LogP contribution in [0.2, 0.25) is 0 Å². The van der Waals surface area contributed by atoms with Crippen LogP contribution in [0.25, 0.3) is 0 Å². The summed E-state index contributed by atoms with van der Waals surface area (Å²) >= 11 is 0. The van der Waals surface area contributed by atoms with E-state index in [-0.39, 0.29) is 24.4 Å². The van der Waals surface area contributed by atoms with E-state index in [2.05, 4.69) is 0 Å². The monoisotopic (exact) mass is 381 g/mol. The summed E-state index contributed by atoms with van der Waals surface area (Å²) in [5.74, 6) is 0.454. The van der Waals surface area contributed by atoms with Gasteiger partial charge in [0, 0.05) is 31.0 Å². The van der Waals surface area contributed by atoms with E-state index < -0.39 is 0 Å². The van der Waals surface area contributed by atoms with Crippen molar-refractivity contribution in [1.82, 2.24) is 14.4 Å². The van der Waals surface area contributed by atoms with E-state index in [4.69, 9.17) is 4.74 Å². The van der Waals surface area contributed by atoms with E-state index in [0.717, 1.165) is 31.4 Å². The first-order valence-corrected chi connectivity index (χ1v) is 9.92.